The first-order valence-corrected chi connectivity index (χ1v) is 10.2. The molecule has 3 rings (SSSR count). The molecule has 0 saturated carbocycles. The van der Waals surface area contributed by atoms with Crippen LogP contribution in [0.4, 0.5) is 5.69 Å². The van der Waals surface area contributed by atoms with E-state index < -0.39 is 26.0 Å². The molecule has 0 heterocycles. The highest BCUT2D eigenvalue weighted by Crippen LogP contribution is 2.22. The average Bonchev–Trinajstić information content (AvgIpc) is 2.59. The predicted molar refractivity (Wildman–Crippen MR) is 96.7 cm³/mol. The Bertz CT molecular complexity index is 1200. The van der Waals surface area contributed by atoms with E-state index in [4.69, 9.17) is 9.11 Å². The number of anilines is 1. The molecular formula is C16H12N2O7S2. The lowest BCUT2D eigenvalue weighted by Crippen LogP contribution is -2.19. The van der Waals surface area contributed by atoms with E-state index in [-0.39, 0.29) is 15.5 Å². The highest BCUT2D eigenvalue weighted by Gasteiger charge is 2.21. The topological polar surface area (TPSA) is 150 Å². The third-order valence-electron chi connectivity index (χ3n) is 3.67. The van der Waals surface area contributed by atoms with E-state index in [0.717, 1.165) is 18.2 Å². The first-order chi connectivity index (χ1) is 12.6. The van der Waals surface area contributed by atoms with Crippen molar-refractivity contribution in [2.45, 2.75) is 9.79 Å². The Morgan fingerprint density at radius 3 is 2.00 bits per heavy atom. The molecule has 2 aromatic carbocycles. The van der Waals surface area contributed by atoms with Crippen molar-refractivity contribution in [1.29, 1.82) is 0 Å². The van der Waals surface area contributed by atoms with E-state index in [9.17, 15) is 21.6 Å². The molecular weight excluding hydrogens is 396 g/mol. The smallest absolute Gasteiger partial charge is 0.287 e. The number of benzene rings is 2. The van der Waals surface area contributed by atoms with Gasteiger partial charge in [-0.25, -0.2) is 0 Å². The van der Waals surface area contributed by atoms with Gasteiger partial charge < -0.3 is 0 Å². The summed E-state index contributed by atoms with van der Waals surface area (Å²) in [7, 11) is -8.70. The maximum Gasteiger partial charge on any atom is 0.294 e. The lowest BCUT2D eigenvalue weighted by molar-refractivity contribution is -0.108. The van der Waals surface area contributed by atoms with E-state index in [2.05, 4.69) is 10.5 Å². The zero-order valence-electron chi connectivity index (χ0n) is 13.4. The summed E-state index contributed by atoms with van der Waals surface area (Å²) < 4.78 is 62.6. The van der Waals surface area contributed by atoms with Gasteiger partial charge in [0, 0.05) is 5.56 Å². The predicted octanol–water partition coefficient (Wildman–Crippen LogP) is 1.59. The number of carbonyl (C=O) groups is 1. The van der Waals surface area contributed by atoms with Crippen LogP contribution < -0.4 is 5.43 Å². The molecule has 0 aromatic heterocycles. The maximum absolute atomic E-state index is 12.1. The van der Waals surface area contributed by atoms with Crippen molar-refractivity contribution in [1.82, 2.24) is 0 Å². The van der Waals surface area contributed by atoms with Gasteiger partial charge in [0.2, 0.25) is 5.78 Å². The van der Waals surface area contributed by atoms with Crippen LogP contribution in [0, 0.1) is 0 Å². The Hall–Kier alpha value is -2.86. The van der Waals surface area contributed by atoms with Crippen LogP contribution in [0.15, 0.2) is 63.4 Å². The van der Waals surface area contributed by atoms with Crippen LogP contribution in [0.2, 0.25) is 0 Å². The zero-order chi connectivity index (χ0) is 19.8. The van der Waals surface area contributed by atoms with Gasteiger partial charge in [0.05, 0.1) is 15.5 Å². The number of hydrogen-bond donors (Lipinski definition) is 3. The van der Waals surface area contributed by atoms with Crippen molar-refractivity contribution in [2.24, 2.45) is 5.10 Å². The van der Waals surface area contributed by atoms with Gasteiger partial charge in [-0.3, -0.25) is 19.3 Å². The number of nitrogens with zero attached hydrogens (tertiary/aromatic N) is 1. The number of carbonyl (C=O) groups excluding carboxylic acids is 1. The van der Waals surface area contributed by atoms with E-state index in [1.165, 1.54) is 36.4 Å². The summed E-state index contributed by atoms with van der Waals surface area (Å²) in [6.07, 6.45) is 2.62. The SMILES string of the molecule is O=C1C=Cc2cc(S(=O)(=O)O)ccc2/C1=N/Nc1ccc(S(=O)(=O)O)cc1. The van der Waals surface area contributed by atoms with Gasteiger partial charge in [0.15, 0.2) is 0 Å². The first kappa shape index (κ1) is 18.9. The summed E-state index contributed by atoms with van der Waals surface area (Å²) in [5, 5.41) is 4.00. The van der Waals surface area contributed by atoms with Crippen molar-refractivity contribution in [3.8, 4) is 0 Å². The van der Waals surface area contributed by atoms with Crippen LogP contribution in [0.25, 0.3) is 6.08 Å². The lowest BCUT2D eigenvalue weighted by Gasteiger charge is -2.13. The van der Waals surface area contributed by atoms with E-state index in [0.29, 0.717) is 16.8 Å². The molecule has 0 spiro atoms. The van der Waals surface area contributed by atoms with Gasteiger partial charge >= 0.3 is 0 Å². The van der Waals surface area contributed by atoms with E-state index >= 15 is 0 Å². The minimum Gasteiger partial charge on any atom is -0.287 e. The van der Waals surface area contributed by atoms with Gasteiger partial charge in [-0.15, -0.1) is 0 Å². The molecule has 1 aliphatic carbocycles. The second-order valence-corrected chi connectivity index (χ2v) is 8.34. The second kappa shape index (κ2) is 6.70. The molecule has 11 heteroatoms. The monoisotopic (exact) mass is 408 g/mol. The second-order valence-electron chi connectivity index (χ2n) is 5.49. The maximum atomic E-state index is 12.1. The molecule has 0 radical (unpaired) electrons. The highest BCUT2D eigenvalue weighted by molar-refractivity contribution is 7.86. The molecule has 0 bridgehead atoms. The molecule has 0 aliphatic heterocycles. The number of ketones is 1. The van der Waals surface area contributed by atoms with Crippen molar-refractivity contribution in [2.75, 3.05) is 5.43 Å². The molecule has 27 heavy (non-hydrogen) atoms. The van der Waals surface area contributed by atoms with Crippen LogP contribution >= 0.6 is 0 Å². The molecule has 3 N–H and O–H groups in total. The number of hydrazone groups is 1. The summed E-state index contributed by atoms with van der Waals surface area (Å²) in [6.45, 7) is 0. The molecule has 0 unspecified atom stereocenters. The summed E-state index contributed by atoms with van der Waals surface area (Å²) >= 11 is 0. The van der Waals surface area contributed by atoms with Gasteiger partial charge in [0.1, 0.15) is 5.71 Å². The molecule has 9 nitrogen and oxygen atoms in total. The van der Waals surface area contributed by atoms with Gasteiger partial charge in [-0.1, -0.05) is 12.1 Å². The number of nitrogens with one attached hydrogen (secondary N) is 1. The standard InChI is InChI=1S/C16H12N2O7S2/c19-15-8-1-10-9-13(27(23,24)25)6-7-14(10)16(15)18-17-11-2-4-12(5-3-11)26(20,21)22/h1-9,17H,(H,20,21,22)(H,23,24,25)/b18-16-. The largest absolute Gasteiger partial charge is 0.294 e. The number of hydrogen-bond acceptors (Lipinski definition) is 7. The Labute approximate surface area is 154 Å². The van der Waals surface area contributed by atoms with Gasteiger partial charge in [-0.2, -0.15) is 21.9 Å². The third-order valence-corrected chi connectivity index (χ3v) is 5.39. The number of allylic oxidation sites excluding steroid dienone is 1. The summed E-state index contributed by atoms with van der Waals surface area (Å²) in [5.74, 6) is -0.427. The fourth-order valence-corrected chi connectivity index (χ4v) is 3.37. The average molecular weight is 408 g/mol. The molecule has 2 aromatic rings. The summed E-state index contributed by atoms with van der Waals surface area (Å²) in [5.41, 5.74) is 3.70. The van der Waals surface area contributed by atoms with Crippen molar-refractivity contribution < 1.29 is 30.7 Å². The van der Waals surface area contributed by atoms with E-state index in [1.54, 1.807) is 0 Å². The third kappa shape index (κ3) is 4.11. The first-order valence-electron chi connectivity index (χ1n) is 7.31. The van der Waals surface area contributed by atoms with Gasteiger partial charge in [0.25, 0.3) is 20.2 Å². The summed E-state index contributed by atoms with van der Waals surface area (Å²) in [6, 6.07) is 8.72. The van der Waals surface area contributed by atoms with Crippen LogP contribution in [0.3, 0.4) is 0 Å². The molecule has 0 atom stereocenters. The Morgan fingerprint density at radius 2 is 1.41 bits per heavy atom. The Balaban J connectivity index is 1.93. The van der Waals surface area contributed by atoms with Crippen LogP contribution in [-0.4, -0.2) is 37.4 Å². The Kier molecular flexibility index (Phi) is 4.70. The van der Waals surface area contributed by atoms with Gasteiger partial charge in [-0.05, 0) is 48.0 Å². The number of fused-ring (bicyclic) bond motifs is 1. The fraction of sp³-hybridized carbons (Fsp3) is 0. The van der Waals surface area contributed by atoms with Crippen LogP contribution in [0.1, 0.15) is 11.1 Å². The molecule has 0 saturated heterocycles. The lowest BCUT2D eigenvalue weighted by atomic mass is 9.95. The van der Waals surface area contributed by atoms with E-state index in [1.807, 2.05) is 0 Å². The molecule has 0 amide bonds. The Morgan fingerprint density at radius 1 is 0.815 bits per heavy atom. The normalized spacial score (nSPS) is 15.6. The molecule has 1 aliphatic rings. The minimum atomic E-state index is -4.38. The fourth-order valence-electron chi connectivity index (χ4n) is 2.37. The van der Waals surface area contributed by atoms with Crippen molar-refractivity contribution >= 4 is 43.5 Å². The minimum absolute atomic E-state index is 0.00763. The zero-order valence-corrected chi connectivity index (χ0v) is 15.0. The highest BCUT2D eigenvalue weighted by atomic mass is 32.2. The van der Waals surface area contributed by atoms with Crippen LogP contribution in [0.5, 0.6) is 0 Å². The van der Waals surface area contributed by atoms with Crippen molar-refractivity contribution in [3.05, 3.63) is 59.7 Å². The molecule has 0 fully saturated rings. The van der Waals surface area contributed by atoms with Crippen LogP contribution in [-0.2, 0) is 25.0 Å². The quantitative estimate of drug-likeness (QED) is 0.510. The summed E-state index contributed by atoms with van der Waals surface area (Å²) in [4.78, 5) is 11.5. The molecule has 140 valence electrons. The number of rotatable bonds is 4. The van der Waals surface area contributed by atoms with Crippen molar-refractivity contribution in [3.63, 3.8) is 0 Å².